The van der Waals surface area contributed by atoms with Crippen LogP contribution in [0.4, 0.5) is 0 Å². The Balaban J connectivity index is 2.47. The summed E-state index contributed by atoms with van der Waals surface area (Å²) in [5.74, 6) is 0.918. The number of morpholine rings is 1. The summed E-state index contributed by atoms with van der Waals surface area (Å²) in [6.45, 7) is 12.9. The van der Waals surface area contributed by atoms with Crippen LogP contribution in [0.1, 0.15) is 40.5 Å². The van der Waals surface area contributed by atoms with Gasteiger partial charge in [-0.15, -0.1) is 0 Å². The van der Waals surface area contributed by atoms with E-state index >= 15 is 0 Å². The number of hydrogen-bond acceptors (Lipinski definition) is 3. The Morgan fingerprint density at radius 2 is 1.79 bits per heavy atom. The molecule has 0 aromatic carbocycles. The monoisotopic (exact) mass is 270 g/mol. The molecular weight excluding hydrogens is 240 g/mol. The summed E-state index contributed by atoms with van der Waals surface area (Å²) in [7, 11) is 0. The van der Waals surface area contributed by atoms with Gasteiger partial charge in [0.1, 0.15) is 0 Å². The fraction of sp³-hybridized carbons (Fsp3) is 0.933. The van der Waals surface area contributed by atoms with Crippen molar-refractivity contribution in [3.05, 3.63) is 0 Å². The SMILES string of the molecule is CCC(CC)C(=O)NCC(C(C)C)N1CCOCC1. The maximum Gasteiger partial charge on any atom is 0.223 e. The summed E-state index contributed by atoms with van der Waals surface area (Å²) in [5, 5.41) is 3.14. The molecule has 1 unspecified atom stereocenters. The Morgan fingerprint density at radius 1 is 1.21 bits per heavy atom. The van der Waals surface area contributed by atoms with Crippen LogP contribution in [0.5, 0.6) is 0 Å². The van der Waals surface area contributed by atoms with Gasteiger partial charge >= 0.3 is 0 Å². The quantitative estimate of drug-likeness (QED) is 0.768. The first-order valence-corrected chi connectivity index (χ1v) is 7.69. The van der Waals surface area contributed by atoms with E-state index in [0.717, 1.165) is 45.7 Å². The van der Waals surface area contributed by atoms with Crippen molar-refractivity contribution in [1.82, 2.24) is 10.2 Å². The zero-order chi connectivity index (χ0) is 14.3. The lowest BCUT2D eigenvalue weighted by Gasteiger charge is -2.37. The Bertz CT molecular complexity index is 259. The van der Waals surface area contributed by atoms with E-state index in [1.807, 2.05) is 0 Å². The van der Waals surface area contributed by atoms with Gasteiger partial charge in [-0.05, 0) is 18.8 Å². The van der Waals surface area contributed by atoms with Gasteiger partial charge in [-0.3, -0.25) is 9.69 Å². The molecule has 0 bridgehead atoms. The predicted molar refractivity (Wildman–Crippen MR) is 78.1 cm³/mol. The van der Waals surface area contributed by atoms with Crippen molar-refractivity contribution in [3.63, 3.8) is 0 Å². The molecule has 19 heavy (non-hydrogen) atoms. The van der Waals surface area contributed by atoms with Gasteiger partial charge < -0.3 is 10.1 Å². The van der Waals surface area contributed by atoms with Gasteiger partial charge in [0.2, 0.25) is 5.91 Å². The molecule has 1 atom stereocenters. The molecule has 4 heteroatoms. The second-order valence-electron chi connectivity index (χ2n) is 5.72. The van der Waals surface area contributed by atoms with E-state index in [9.17, 15) is 4.79 Å². The number of amides is 1. The summed E-state index contributed by atoms with van der Waals surface area (Å²) >= 11 is 0. The fourth-order valence-corrected chi connectivity index (χ4v) is 2.70. The van der Waals surface area contributed by atoms with Crippen LogP contribution in [0.15, 0.2) is 0 Å². The summed E-state index contributed by atoms with van der Waals surface area (Å²) in [6, 6.07) is 0.419. The normalized spacial score (nSPS) is 18.8. The van der Waals surface area contributed by atoms with Crippen molar-refractivity contribution in [2.45, 2.75) is 46.6 Å². The molecule has 1 amide bonds. The largest absolute Gasteiger partial charge is 0.379 e. The van der Waals surface area contributed by atoms with Gasteiger partial charge in [-0.2, -0.15) is 0 Å². The van der Waals surface area contributed by atoms with Crippen LogP contribution in [0, 0.1) is 11.8 Å². The molecule has 0 radical (unpaired) electrons. The van der Waals surface area contributed by atoms with Crippen LogP contribution in [0.25, 0.3) is 0 Å². The van der Waals surface area contributed by atoms with Gasteiger partial charge in [0, 0.05) is 31.6 Å². The molecule has 0 aliphatic carbocycles. The molecule has 1 fully saturated rings. The van der Waals surface area contributed by atoms with Crippen molar-refractivity contribution in [2.75, 3.05) is 32.8 Å². The minimum atomic E-state index is 0.164. The van der Waals surface area contributed by atoms with Crippen LogP contribution < -0.4 is 5.32 Å². The van der Waals surface area contributed by atoms with E-state index in [1.165, 1.54) is 0 Å². The molecule has 1 heterocycles. The molecule has 1 rings (SSSR count). The highest BCUT2D eigenvalue weighted by atomic mass is 16.5. The van der Waals surface area contributed by atoms with Crippen LogP contribution in [-0.4, -0.2) is 49.7 Å². The number of nitrogens with zero attached hydrogens (tertiary/aromatic N) is 1. The first-order valence-electron chi connectivity index (χ1n) is 7.69. The number of carbonyl (C=O) groups is 1. The van der Waals surface area contributed by atoms with Gasteiger partial charge in [-0.25, -0.2) is 0 Å². The van der Waals surface area contributed by atoms with Crippen molar-refractivity contribution in [1.29, 1.82) is 0 Å². The lowest BCUT2D eigenvalue weighted by molar-refractivity contribution is -0.125. The number of hydrogen-bond donors (Lipinski definition) is 1. The maximum atomic E-state index is 12.1. The Labute approximate surface area is 117 Å². The molecule has 1 aliphatic rings. The zero-order valence-electron chi connectivity index (χ0n) is 12.9. The zero-order valence-corrected chi connectivity index (χ0v) is 12.9. The summed E-state index contributed by atoms with van der Waals surface area (Å²) in [4.78, 5) is 14.5. The lowest BCUT2D eigenvalue weighted by atomic mass is 10.00. The summed E-state index contributed by atoms with van der Waals surface area (Å²) in [5.41, 5.74) is 0. The van der Waals surface area contributed by atoms with Crippen molar-refractivity contribution in [2.24, 2.45) is 11.8 Å². The van der Waals surface area contributed by atoms with E-state index < -0.39 is 0 Å². The Morgan fingerprint density at radius 3 is 2.26 bits per heavy atom. The maximum absolute atomic E-state index is 12.1. The molecule has 0 saturated carbocycles. The third-order valence-electron chi connectivity index (χ3n) is 4.13. The van der Waals surface area contributed by atoms with Crippen LogP contribution >= 0.6 is 0 Å². The van der Waals surface area contributed by atoms with Gasteiger partial charge in [0.05, 0.1) is 13.2 Å². The number of ether oxygens (including phenoxy) is 1. The number of carbonyl (C=O) groups excluding carboxylic acids is 1. The molecule has 1 saturated heterocycles. The number of rotatable bonds is 7. The average Bonchev–Trinajstić information content (AvgIpc) is 2.41. The Hall–Kier alpha value is -0.610. The molecule has 112 valence electrons. The van der Waals surface area contributed by atoms with Crippen molar-refractivity contribution < 1.29 is 9.53 Å². The third kappa shape index (κ3) is 5.11. The highest BCUT2D eigenvalue weighted by molar-refractivity contribution is 5.78. The van der Waals surface area contributed by atoms with Crippen LogP contribution in [-0.2, 0) is 9.53 Å². The molecule has 1 N–H and O–H groups in total. The van der Waals surface area contributed by atoms with E-state index in [0.29, 0.717) is 12.0 Å². The van der Waals surface area contributed by atoms with Crippen molar-refractivity contribution in [3.8, 4) is 0 Å². The van der Waals surface area contributed by atoms with E-state index in [2.05, 4.69) is 37.9 Å². The van der Waals surface area contributed by atoms with Crippen LogP contribution in [0.2, 0.25) is 0 Å². The molecule has 0 spiro atoms. The number of nitrogens with one attached hydrogen (secondary N) is 1. The highest BCUT2D eigenvalue weighted by Gasteiger charge is 2.25. The molecule has 0 aromatic rings. The smallest absolute Gasteiger partial charge is 0.223 e. The standard InChI is InChI=1S/C15H30N2O2/c1-5-13(6-2)15(18)16-11-14(12(3)4)17-7-9-19-10-8-17/h12-14H,5-11H2,1-4H3,(H,16,18). The lowest BCUT2D eigenvalue weighted by Crippen LogP contribution is -2.51. The minimum Gasteiger partial charge on any atom is -0.379 e. The van der Waals surface area contributed by atoms with E-state index in [-0.39, 0.29) is 11.8 Å². The second-order valence-corrected chi connectivity index (χ2v) is 5.72. The minimum absolute atomic E-state index is 0.164. The summed E-state index contributed by atoms with van der Waals surface area (Å²) in [6.07, 6.45) is 1.85. The Kier molecular flexibility index (Phi) is 7.39. The van der Waals surface area contributed by atoms with Crippen LogP contribution in [0.3, 0.4) is 0 Å². The fourth-order valence-electron chi connectivity index (χ4n) is 2.70. The van der Waals surface area contributed by atoms with Gasteiger partial charge in [-0.1, -0.05) is 27.7 Å². The van der Waals surface area contributed by atoms with Gasteiger partial charge in [0.25, 0.3) is 0 Å². The molecule has 0 aromatic heterocycles. The topological polar surface area (TPSA) is 41.6 Å². The third-order valence-corrected chi connectivity index (χ3v) is 4.13. The molecule has 1 aliphatic heterocycles. The van der Waals surface area contributed by atoms with E-state index in [4.69, 9.17) is 4.74 Å². The first kappa shape index (κ1) is 16.4. The predicted octanol–water partition coefficient (Wildman–Crippen LogP) is 1.90. The van der Waals surface area contributed by atoms with Gasteiger partial charge in [0.15, 0.2) is 0 Å². The summed E-state index contributed by atoms with van der Waals surface area (Å²) < 4.78 is 5.40. The average molecular weight is 270 g/mol. The first-order chi connectivity index (χ1) is 9.10. The molecule has 4 nitrogen and oxygen atoms in total. The highest BCUT2D eigenvalue weighted by Crippen LogP contribution is 2.13. The molecular formula is C15H30N2O2. The second kappa shape index (κ2) is 8.54. The van der Waals surface area contributed by atoms with E-state index in [1.54, 1.807) is 0 Å². The van der Waals surface area contributed by atoms with Crippen molar-refractivity contribution >= 4 is 5.91 Å².